The third-order valence-corrected chi connectivity index (χ3v) is 7.11. The number of pyridine rings is 1. The molecule has 7 nitrogen and oxygen atoms in total. The lowest BCUT2D eigenvalue weighted by atomic mass is 9.70. The van der Waals surface area contributed by atoms with Crippen molar-refractivity contribution in [1.82, 2.24) is 20.1 Å². The number of halogens is 1. The fourth-order valence-electron chi connectivity index (χ4n) is 5.62. The summed E-state index contributed by atoms with van der Waals surface area (Å²) >= 11 is 0. The zero-order valence-corrected chi connectivity index (χ0v) is 19.6. The molecule has 2 aromatic heterocycles. The summed E-state index contributed by atoms with van der Waals surface area (Å²) in [4.78, 5) is 11.9. The van der Waals surface area contributed by atoms with Gasteiger partial charge in [0.1, 0.15) is 17.7 Å². The van der Waals surface area contributed by atoms with Crippen molar-refractivity contribution >= 4 is 0 Å². The highest BCUT2D eigenvalue weighted by Gasteiger charge is 2.46. The Morgan fingerprint density at radius 1 is 1.09 bits per heavy atom. The number of hydrogen-bond donors (Lipinski definition) is 2. The third-order valence-electron chi connectivity index (χ3n) is 7.11. The Labute approximate surface area is 197 Å². The van der Waals surface area contributed by atoms with Crippen LogP contribution in [0.25, 0.3) is 22.4 Å². The van der Waals surface area contributed by atoms with Gasteiger partial charge in [-0.25, -0.2) is 4.39 Å². The van der Waals surface area contributed by atoms with Gasteiger partial charge in [-0.15, -0.1) is 10.2 Å². The average Bonchev–Trinajstić information content (AvgIpc) is 2.75. The van der Waals surface area contributed by atoms with Crippen LogP contribution in [-0.4, -0.2) is 37.1 Å². The average molecular weight is 465 g/mol. The molecule has 2 bridgehead atoms. The van der Waals surface area contributed by atoms with Crippen molar-refractivity contribution in [3.8, 4) is 34.0 Å². The topological polar surface area (TPSA) is 89.3 Å². The third kappa shape index (κ3) is 4.30. The van der Waals surface area contributed by atoms with Crippen LogP contribution in [0.4, 0.5) is 4.39 Å². The summed E-state index contributed by atoms with van der Waals surface area (Å²) in [5, 5.41) is 22.6. The quantitative estimate of drug-likeness (QED) is 0.602. The minimum Gasteiger partial charge on any atom is -0.507 e. The number of benzene rings is 1. The van der Waals surface area contributed by atoms with Crippen molar-refractivity contribution < 1.29 is 14.2 Å². The number of aromatic nitrogens is 3. The molecule has 0 aliphatic carbocycles. The smallest absolute Gasteiger partial charge is 0.250 e. The van der Waals surface area contributed by atoms with Crippen LogP contribution in [-0.2, 0) is 7.05 Å². The van der Waals surface area contributed by atoms with Gasteiger partial charge in [-0.1, -0.05) is 0 Å². The highest BCUT2D eigenvalue weighted by atomic mass is 19.1. The van der Waals surface area contributed by atoms with E-state index in [1.54, 1.807) is 31.4 Å². The highest BCUT2D eigenvalue weighted by molar-refractivity contribution is 5.74. The second-order valence-corrected chi connectivity index (χ2v) is 10.2. The molecule has 2 N–H and O–H groups in total. The van der Waals surface area contributed by atoms with Gasteiger partial charge in [0, 0.05) is 49.3 Å². The molecule has 2 aliphatic heterocycles. The van der Waals surface area contributed by atoms with Crippen molar-refractivity contribution in [1.29, 1.82) is 0 Å². The van der Waals surface area contributed by atoms with Gasteiger partial charge in [0.25, 0.3) is 5.56 Å². The molecule has 2 saturated heterocycles. The number of phenolic OH excluding ortho intramolecular Hbond substituents is 1. The molecule has 5 rings (SSSR count). The van der Waals surface area contributed by atoms with Crippen LogP contribution in [0, 0.1) is 5.82 Å². The van der Waals surface area contributed by atoms with Crippen molar-refractivity contribution in [3.63, 3.8) is 0 Å². The molecule has 3 atom stereocenters. The molecule has 3 aromatic rings. The zero-order chi connectivity index (χ0) is 24.1. The lowest BCUT2D eigenvalue weighted by molar-refractivity contribution is 0.00726. The van der Waals surface area contributed by atoms with E-state index >= 15 is 4.39 Å². The number of ether oxygens (including phenoxy) is 1. The first-order chi connectivity index (χ1) is 16.1. The first kappa shape index (κ1) is 22.5. The molecule has 0 spiro atoms. The highest BCUT2D eigenvalue weighted by Crippen LogP contribution is 2.41. The van der Waals surface area contributed by atoms with Crippen LogP contribution < -0.4 is 15.6 Å². The second-order valence-electron chi connectivity index (χ2n) is 10.2. The number of nitrogens with one attached hydrogen (secondary N) is 1. The molecule has 4 heterocycles. The maximum Gasteiger partial charge on any atom is 0.250 e. The van der Waals surface area contributed by atoms with Gasteiger partial charge in [0.05, 0.1) is 11.3 Å². The van der Waals surface area contributed by atoms with Gasteiger partial charge in [0.15, 0.2) is 0 Å². The molecule has 0 unspecified atom stereocenters. The number of rotatable bonds is 4. The van der Waals surface area contributed by atoms with E-state index in [2.05, 4.69) is 29.4 Å². The SMILES string of the molecule is Cn1ccc(-c2cc(O)c(-c3ccc(O[C@H]4C[C@]5(C)CCC[C@](C)(C4)N5)nn3)c(F)c2)cc1=O. The number of aryl methyl sites for hydroxylation is 1. The summed E-state index contributed by atoms with van der Waals surface area (Å²) in [6.45, 7) is 4.49. The Hall–Kier alpha value is -3.26. The standard InChI is InChI=1S/C26H29FN4O3/c1-25-8-4-9-26(2,30-25)15-18(14-25)34-22-6-5-20(28-29-22)24-19(27)11-17(12-21(24)32)16-7-10-31(3)23(33)13-16/h5-7,10-13,18,30,32H,4,8-9,14-15H2,1-3H3/t18-,25-,26+. The minimum atomic E-state index is -0.648. The van der Waals surface area contributed by atoms with Crippen LogP contribution in [0.15, 0.2) is 47.4 Å². The second kappa shape index (κ2) is 8.20. The summed E-state index contributed by atoms with van der Waals surface area (Å²) in [5.74, 6) is -0.533. The predicted molar refractivity (Wildman–Crippen MR) is 127 cm³/mol. The molecule has 2 aliphatic rings. The number of fused-ring (bicyclic) bond motifs is 2. The number of hydrogen-bond acceptors (Lipinski definition) is 6. The number of phenols is 1. The maximum atomic E-state index is 15.0. The van der Waals surface area contributed by atoms with E-state index in [1.807, 2.05) is 0 Å². The lowest BCUT2D eigenvalue weighted by Gasteiger charge is -2.53. The Kier molecular flexibility index (Phi) is 5.43. The molecule has 34 heavy (non-hydrogen) atoms. The van der Waals surface area contributed by atoms with E-state index in [-0.39, 0.29) is 39.7 Å². The van der Waals surface area contributed by atoms with E-state index in [0.29, 0.717) is 17.0 Å². The summed E-state index contributed by atoms with van der Waals surface area (Å²) in [6, 6.07) is 9.06. The number of nitrogens with zero attached hydrogens (tertiary/aromatic N) is 3. The monoisotopic (exact) mass is 464 g/mol. The molecule has 2 fully saturated rings. The fourth-order valence-corrected chi connectivity index (χ4v) is 5.62. The van der Waals surface area contributed by atoms with Crippen LogP contribution >= 0.6 is 0 Å². The molecule has 1 aromatic carbocycles. The van der Waals surface area contributed by atoms with Crippen LogP contribution in [0.1, 0.15) is 46.0 Å². The van der Waals surface area contributed by atoms with Crippen LogP contribution in [0.2, 0.25) is 0 Å². The Morgan fingerprint density at radius 2 is 1.82 bits per heavy atom. The van der Waals surface area contributed by atoms with E-state index in [1.165, 1.54) is 29.2 Å². The Balaban J connectivity index is 1.36. The summed E-state index contributed by atoms with van der Waals surface area (Å²) in [5.41, 5.74) is 0.993. The van der Waals surface area contributed by atoms with Gasteiger partial charge >= 0.3 is 0 Å². The van der Waals surface area contributed by atoms with E-state index < -0.39 is 5.82 Å². The largest absolute Gasteiger partial charge is 0.507 e. The number of piperidine rings is 2. The molecular weight excluding hydrogens is 435 g/mol. The first-order valence-corrected chi connectivity index (χ1v) is 11.6. The molecule has 0 saturated carbocycles. The van der Waals surface area contributed by atoms with E-state index in [4.69, 9.17) is 4.74 Å². The number of aromatic hydroxyl groups is 1. The Morgan fingerprint density at radius 3 is 2.44 bits per heavy atom. The van der Waals surface area contributed by atoms with Crippen molar-refractivity contribution in [2.75, 3.05) is 0 Å². The lowest BCUT2D eigenvalue weighted by Crippen LogP contribution is -2.65. The van der Waals surface area contributed by atoms with E-state index in [9.17, 15) is 9.90 Å². The summed E-state index contributed by atoms with van der Waals surface area (Å²) < 4.78 is 22.6. The van der Waals surface area contributed by atoms with Crippen molar-refractivity contribution in [2.45, 2.75) is 63.1 Å². The zero-order valence-electron chi connectivity index (χ0n) is 19.6. The maximum absolute atomic E-state index is 15.0. The van der Waals surface area contributed by atoms with Gasteiger partial charge < -0.3 is 19.7 Å². The van der Waals surface area contributed by atoms with Crippen molar-refractivity contribution in [3.05, 3.63) is 58.8 Å². The molecular formula is C26H29FN4O3. The van der Waals surface area contributed by atoms with Gasteiger partial charge in [-0.2, -0.15) is 0 Å². The molecule has 0 amide bonds. The van der Waals surface area contributed by atoms with Crippen LogP contribution in [0.3, 0.4) is 0 Å². The van der Waals surface area contributed by atoms with Gasteiger partial charge in [-0.05, 0) is 68.5 Å². The van der Waals surface area contributed by atoms with Gasteiger partial charge in [0.2, 0.25) is 5.88 Å². The minimum absolute atomic E-state index is 0.0275. The summed E-state index contributed by atoms with van der Waals surface area (Å²) in [7, 11) is 1.64. The molecule has 8 heteroatoms. The van der Waals surface area contributed by atoms with Gasteiger partial charge in [-0.3, -0.25) is 4.79 Å². The first-order valence-electron chi connectivity index (χ1n) is 11.6. The molecule has 0 radical (unpaired) electrons. The Bertz CT molecular complexity index is 1250. The predicted octanol–water partition coefficient (Wildman–Crippen LogP) is 4.19. The van der Waals surface area contributed by atoms with Crippen molar-refractivity contribution in [2.24, 2.45) is 7.05 Å². The normalized spacial score (nSPS) is 26.3. The van der Waals surface area contributed by atoms with E-state index in [0.717, 1.165) is 25.7 Å². The fraction of sp³-hybridized carbons (Fsp3) is 0.423. The summed E-state index contributed by atoms with van der Waals surface area (Å²) in [6.07, 6.45) is 6.88. The van der Waals surface area contributed by atoms with Crippen LogP contribution in [0.5, 0.6) is 11.6 Å². The molecule has 178 valence electrons.